The molecule has 0 radical (unpaired) electrons. The van der Waals surface area contributed by atoms with Crippen molar-refractivity contribution in [1.82, 2.24) is 15.0 Å². The Morgan fingerprint density at radius 1 is 1.73 bits per heavy atom. The number of amides is 1. The molecule has 1 aromatic heterocycles. The molecule has 1 N–H and O–H groups in total. The second-order valence-electron chi connectivity index (χ2n) is 3.32. The summed E-state index contributed by atoms with van der Waals surface area (Å²) < 4.78 is 6.54. The number of rotatable bonds is 4. The van der Waals surface area contributed by atoms with Gasteiger partial charge in [0, 0.05) is 6.20 Å². The topological polar surface area (TPSA) is 65.4 Å². The molecule has 0 unspecified atom stereocenters. The third-order valence-electron chi connectivity index (χ3n) is 2.30. The van der Waals surface area contributed by atoms with Crippen LogP contribution in [0.3, 0.4) is 0 Å². The number of aromatic nitrogens is 2. The fourth-order valence-electron chi connectivity index (χ4n) is 1.50. The molecule has 0 aromatic carbocycles. The standard InChI is InChI=1S/C9H13N3O3/c1-2-8-7(11-9(13)15-8)5-14-12-4-3-10-6-12/h3-4,6-8H,2,5H2,1H3,(H,11,13)/t7-,8+/m1/s1. The number of alkyl carbamates (subject to hydrolysis) is 1. The second-order valence-corrected chi connectivity index (χ2v) is 3.32. The Labute approximate surface area is 87.1 Å². The molecular weight excluding hydrogens is 198 g/mol. The zero-order valence-corrected chi connectivity index (χ0v) is 8.42. The summed E-state index contributed by atoms with van der Waals surface area (Å²) in [6.07, 6.45) is 5.16. The molecule has 0 spiro atoms. The molecule has 1 aliphatic heterocycles. The Hall–Kier alpha value is -1.72. The van der Waals surface area contributed by atoms with Crippen LogP contribution in [-0.2, 0) is 4.74 Å². The van der Waals surface area contributed by atoms with E-state index in [1.54, 1.807) is 18.7 Å². The first-order valence-corrected chi connectivity index (χ1v) is 4.88. The minimum absolute atomic E-state index is 0.0927. The van der Waals surface area contributed by atoms with Crippen LogP contribution in [0.2, 0.25) is 0 Å². The van der Waals surface area contributed by atoms with E-state index in [4.69, 9.17) is 9.57 Å². The minimum Gasteiger partial charge on any atom is -0.444 e. The summed E-state index contributed by atoms with van der Waals surface area (Å²) in [6.45, 7) is 2.34. The van der Waals surface area contributed by atoms with E-state index >= 15 is 0 Å². The summed E-state index contributed by atoms with van der Waals surface area (Å²) in [5, 5.41) is 2.70. The Morgan fingerprint density at radius 3 is 3.27 bits per heavy atom. The predicted octanol–water partition coefficient (Wildman–Crippen LogP) is 0.199. The lowest BCUT2D eigenvalue weighted by atomic mass is 10.1. The normalized spacial score (nSPS) is 24.7. The SMILES string of the molecule is CC[C@@H]1OC(=O)N[C@@H]1COn1ccnc1. The molecular formula is C9H13N3O3. The molecule has 1 fully saturated rings. The number of nitrogens with one attached hydrogen (secondary N) is 1. The highest BCUT2D eigenvalue weighted by Crippen LogP contribution is 2.11. The summed E-state index contributed by atoms with van der Waals surface area (Å²) >= 11 is 0. The predicted molar refractivity (Wildman–Crippen MR) is 51.2 cm³/mol. The summed E-state index contributed by atoms with van der Waals surface area (Å²) in [6, 6.07) is -0.0927. The third-order valence-corrected chi connectivity index (χ3v) is 2.30. The number of ether oxygens (including phenoxy) is 1. The Balaban J connectivity index is 1.86. The molecule has 1 aromatic rings. The van der Waals surface area contributed by atoms with E-state index in [2.05, 4.69) is 10.3 Å². The van der Waals surface area contributed by atoms with E-state index in [0.29, 0.717) is 6.61 Å². The monoisotopic (exact) mass is 211 g/mol. The number of hydrogen-bond acceptors (Lipinski definition) is 4. The average Bonchev–Trinajstić information content (AvgIpc) is 2.83. The first-order chi connectivity index (χ1) is 7.29. The fourth-order valence-corrected chi connectivity index (χ4v) is 1.50. The Kier molecular flexibility index (Phi) is 2.75. The highest BCUT2D eigenvalue weighted by atomic mass is 16.7. The lowest BCUT2D eigenvalue weighted by molar-refractivity contribution is 0.0661. The molecule has 0 bridgehead atoms. The molecule has 6 nitrogen and oxygen atoms in total. The lowest BCUT2D eigenvalue weighted by Crippen LogP contribution is -2.38. The summed E-state index contributed by atoms with van der Waals surface area (Å²) in [4.78, 5) is 20.2. The van der Waals surface area contributed by atoms with Gasteiger partial charge < -0.3 is 14.9 Å². The fraction of sp³-hybridized carbons (Fsp3) is 0.556. The van der Waals surface area contributed by atoms with E-state index in [1.807, 2.05) is 6.92 Å². The molecule has 1 aliphatic rings. The number of cyclic esters (lactones) is 1. The second kappa shape index (κ2) is 4.20. The number of carbonyl (C=O) groups excluding carboxylic acids is 1. The molecule has 0 saturated carbocycles. The van der Waals surface area contributed by atoms with E-state index in [1.165, 1.54) is 4.73 Å². The van der Waals surface area contributed by atoms with Gasteiger partial charge in [-0.2, -0.15) is 4.73 Å². The highest BCUT2D eigenvalue weighted by molar-refractivity contribution is 5.70. The molecule has 15 heavy (non-hydrogen) atoms. The summed E-state index contributed by atoms with van der Waals surface area (Å²) in [5.41, 5.74) is 0. The largest absolute Gasteiger partial charge is 0.444 e. The summed E-state index contributed by atoms with van der Waals surface area (Å²) in [5.74, 6) is 0. The van der Waals surface area contributed by atoms with Gasteiger partial charge in [-0.1, -0.05) is 6.92 Å². The van der Waals surface area contributed by atoms with Gasteiger partial charge in [0.1, 0.15) is 25.1 Å². The van der Waals surface area contributed by atoms with Gasteiger partial charge in [0.25, 0.3) is 0 Å². The first-order valence-electron chi connectivity index (χ1n) is 4.88. The van der Waals surface area contributed by atoms with Crippen LogP contribution in [0, 0.1) is 0 Å². The van der Waals surface area contributed by atoms with Crippen LogP contribution < -0.4 is 10.2 Å². The third kappa shape index (κ3) is 2.20. The molecule has 2 rings (SSSR count). The molecule has 6 heteroatoms. The first kappa shape index (κ1) is 9.82. The Bertz CT molecular complexity index is 325. The maximum Gasteiger partial charge on any atom is 0.407 e. The van der Waals surface area contributed by atoms with Gasteiger partial charge in [-0.15, -0.1) is 0 Å². The van der Waals surface area contributed by atoms with Crippen molar-refractivity contribution in [3.05, 3.63) is 18.7 Å². The molecule has 1 saturated heterocycles. The quantitative estimate of drug-likeness (QED) is 0.772. The van der Waals surface area contributed by atoms with Crippen LogP contribution in [-0.4, -0.2) is 34.6 Å². The molecule has 2 atom stereocenters. The van der Waals surface area contributed by atoms with Crippen molar-refractivity contribution < 1.29 is 14.4 Å². The zero-order chi connectivity index (χ0) is 10.7. The van der Waals surface area contributed by atoms with Crippen LogP contribution in [0.4, 0.5) is 4.79 Å². The average molecular weight is 211 g/mol. The van der Waals surface area contributed by atoms with Gasteiger partial charge in [-0.25, -0.2) is 9.78 Å². The van der Waals surface area contributed by atoms with Crippen LogP contribution >= 0.6 is 0 Å². The highest BCUT2D eigenvalue weighted by Gasteiger charge is 2.33. The molecule has 2 heterocycles. The van der Waals surface area contributed by atoms with Crippen LogP contribution in [0.5, 0.6) is 0 Å². The van der Waals surface area contributed by atoms with Gasteiger partial charge >= 0.3 is 6.09 Å². The minimum atomic E-state index is -0.374. The smallest absolute Gasteiger partial charge is 0.407 e. The number of hydrogen-bond donors (Lipinski definition) is 1. The number of nitrogens with zero attached hydrogens (tertiary/aromatic N) is 2. The van der Waals surface area contributed by atoms with E-state index < -0.39 is 0 Å². The number of carbonyl (C=O) groups is 1. The van der Waals surface area contributed by atoms with Crippen molar-refractivity contribution in [2.24, 2.45) is 0 Å². The van der Waals surface area contributed by atoms with Crippen molar-refractivity contribution in [1.29, 1.82) is 0 Å². The van der Waals surface area contributed by atoms with Gasteiger partial charge in [0.2, 0.25) is 0 Å². The number of imidazole rings is 1. The van der Waals surface area contributed by atoms with Gasteiger partial charge in [0.05, 0.1) is 6.20 Å². The van der Waals surface area contributed by atoms with Crippen molar-refractivity contribution in [2.45, 2.75) is 25.5 Å². The maximum atomic E-state index is 11.0. The van der Waals surface area contributed by atoms with E-state index in [-0.39, 0.29) is 18.2 Å². The van der Waals surface area contributed by atoms with Gasteiger partial charge in [-0.3, -0.25) is 0 Å². The van der Waals surface area contributed by atoms with E-state index in [0.717, 1.165) is 6.42 Å². The molecule has 82 valence electrons. The van der Waals surface area contributed by atoms with E-state index in [9.17, 15) is 4.79 Å². The molecule has 1 amide bonds. The maximum absolute atomic E-state index is 11.0. The lowest BCUT2D eigenvalue weighted by Gasteiger charge is -2.15. The van der Waals surface area contributed by atoms with Gasteiger partial charge in [-0.05, 0) is 6.42 Å². The van der Waals surface area contributed by atoms with Crippen molar-refractivity contribution in [3.8, 4) is 0 Å². The van der Waals surface area contributed by atoms with Gasteiger partial charge in [0.15, 0.2) is 0 Å². The van der Waals surface area contributed by atoms with Crippen molar-refractivity contribution in [3.63, 3.8) is 0 Å². The van der Waals surface area contributed by atoms with Crippen molar-refractivity contribution in [2.75, 3.05) is 6.61 Å². The Morgan fingerprint density at radius 2 is 2.60 bits per heavy atom. The van der Waals surface area contributed by atoms with Crippen LogP contribution in [0.1, 0.15) is 13.3 Å². The van der Waals surface area contributed by atoms with Crippen LogP contribution in [0.15, 0.2) is 18.7 Å². The van der Waals surface area contributed by atoms with Crippen molar-refractivity contribution >= 4 is 6.09 Å². The van der Waals surface area contributed by atoms with Crippen LogP contribution in [0.25, 0.3) is 0 Å². The molecule has 0 aliphatic carbocycles. The summed E-state index contributed by atoms with van der Waals surface area (Å²) in [7, 11) is 0. The zero-order valence-electron chi connectivity index (χ0n) is 8.42.